The number of nitro benzene ring substituents is 1. The molecule has 0 bridgehead atoms. The van der Waals surface area contributed by atoms with Crippen LogP contribution in [-0.2, 0) is 11.3 Å². The molecule has 0 unspecified atom stereocenters. The number of rotatable bonds is 7. The molecule has 0 radical (unpaired) electrons. The topological polar surface area (TPSA) is 92.5 Å². The Bertz CT molecular complexity index is 451. The third kappa shape index (κ3) is 4.80. The van der Waals surface area contributed by atoms with E-state index in [0.29, 0.717) is 25.1 Å². The van der Waals surface area contributed by atoms with Gasteiger partial charge < -0.3 is 10.4 Å². The van der Waals surface area contributed by atoms with E-state index in [9.17, 15) is 14.9 Å². The highest BCUT2D eigenvalue weighted by molar-refractivity contribution is 9.10. The van der Waals surface area contributed by atoms with Crippen molar-refractivity contribution >= 4 is 27.6 Å². The number of nitrogens with zero attached hydrogens (tertiary/aromatic N) is 1. The Kier molecular flexibility index (Phi) is 5.73. The Balaban J connectivity index is 2.53. The highest BCUT2D eigenvalue weighted by atomic mass is 79.9. The van der Waals surface area contributed by atoms with Crippen molar-refractivity contribution in [2.24, 2.45) is 0 Å². The molecule has 1 aromatic carbocycles. The van der Waals surface area contributed by atoms with E-state index in [0.717, 1.165) is 4.47 Å². The molecule has 0 aliphatic rings. The van der Waals surface area contributed by atoms with E-state index in [1.807, 2.05) is 0 Å². The molecule has 0 saturated carbocycles. The SMILES string of the molecule is O=C(O)CCCNCc1cc(Br)ccc1[N+](=O)[O-]. The normalized spacial score (nSPS) is 10.3. The molecule has 18 heavy (non-hydrogen) atoms. The number of nitrogens with one attached hydrogen (secondary N) is 1. The van der Waals surface area contributed by atoms with Gasteiger partial charge in [-0.2, -0.15) is 0 Å². The van der Waals surface area contributed by atoms with Crippen LogP contribution in [0.4, 0.5) is 5.69 Å². The number of nitro groups is 1. The van der Waals surface area contributed by atoms with Crippen LogP contribution in [0.1, 0.15) is 18.4 Å². The maximum Gasteiger partial charge on any atom is 0.303 e. The Morgan fingerprint density at radius 1 is 1.50 bits per heavy atom. The van der Waals surface area contributed by atoms with E-state index < -0.39 is 10.9 Å². The summed E-state index contributed by atoms with van der Waals surface area (Å²) < 4.78 is 0.774. The molecule has 0 fully saturated rings. The standard InChI is InChI=1S/C11H13BrN2O4/c12-9-3-4-10(14(17)18)8(6-9)7-13-5-1-2-11(15)16/h3-4,6,13H,1-2,5,7H2,(H,15,16). The Morgan fingerprint density at radius 2 is 2.22 bits per heavy atom. The Hall–Kier alpha value is -1.47. The number of carboxylic acid groups (broad SMARTS) is 1. The molecule has 1 rings (SSSR count). The summed E-state index contributed by atoms with van der Waals surface area (Å²) in [5.74, 6) is -0.842. The lowest BCUT2D eigenvalue weighted by Crippen LogP contribution is -2.16. The summed E-state index contributed by atoms with van der Waals surface area (Å²) >= 11 is 3.26. The van der Waals surface area contributed by atoms with E-state index in [2.05, 4.69) is 21.2 Å². The molecule has 2 N–H and O–H groups in total. The van der Waals surface area contributed by atoms with Crippen LogP contribution < -0.4 is 5.32 Å². The second-order valence-electron chi connectivity index (χ2n) is 3.70. The third-order valence-corrected chi connectivity index (χ3v) is 2.79. The molecule has 0 aliphatic heterocycles. The number of carbonyl (C=O) groups is 1. The van der Waals surface area contributed by atoms with Crippen LogP contribution in [0.5, 0.6) is 0 Å². The molecule has 0 spiro atoms. The van der Waals surface area contributed by atoms with Crippen molar-refractivity contribution < 1.29 is 14.8 Å². The van der Waals surface area contributed by atoms with Crippen molar-refractivity contribution in [1.82, 2.24) is 5.32 Å². The van der Waals surface area contributed by atoms with E-state index in [-0.39, 0.29) is 12.1 Å². The summed E-state index contributed by atoms with van der Waals surface area (Å²) in [5.41, 5.74) is 0.633. The van der Waals surface area contributed by atoms with Gasteiger partial charge in [0.25, 0.3) is 5.69 Å². The molecule has 0 atom stereocenters. The summed E-state index contributed by atoms with van der Waals surface area (Å²) in [6, 6.07) is 4.74. The minimum absolute atomic E-state index is 0.0592. The number of benzene rings is 1. The van der Waals surface area contributed by atoms with Gasteiger partial charge in [-0.1, -0.05) is 15.9 Å². The van der Waals surface area contributed by atoms with Gasteiger partial charge in [0.05, 0.1) is 4.92 Å². The zero-order chi connectivity index (χ0) is 13.5. The molecule has 0 aliphatic carbocycles. The lowest BCUT2D eigenvalue weighted by atomic mass is 10.2. The molecule has 0 saturated heterocycles. The molecular formula is C11H13BrN2O4. The van der Waals surface area contributed by atoms with Gasteiger partial charge >= 0.3 is 5.97 Å². The molecule has 7 heteroatoms. The highest BCUT2D eigenvalue weighted by Gasteiger charge is 2.12. The average molecular weight is 317 g/mol. The quantitative estimate of drug-likeness (QED) is 0.457. The van der Waals surface area contributed by atoms with Gasteiger partial charge in [-0.25, -0.2) is 0 Å². The lowest BCUT2D eigenvalue weighted by molar-refractivity contribution is -0.385. The second-order valence-corrected chi connectivity index (χ2v) is 4.62. The molecule has 1 aromatic rings. The van der Waals surface area contributed by atoms with E-state index in [4.69, 9.17) is 5.11 Å². The van der Waals surface area contributed by atoms with Crippen molar-refractivity contribution in [2.75, 3.05) is 6.54 Å². The molecule has 0 amide bonds. The summed E-state index contributed by atoms with van der Waals surface area (Å²) in [6.07, 6.45) is 0.588. The molecule has 0 heterocycles. The largest absolute Gasteiger partial charge is 0.481 e. The maximum atomic E-state index is 10.8. The zero-order valence-corrected chi connectivity index (χ0v) is 11.1. The van der Waals surface area contributed by atoms with Crippen molar-refractivity contribution in [3.63, 3.8) is 0 Å². The van der Waals surface area contributed by atoms with E-state index >= 15 is 0 Å². The minimum Gasteiger partial charge on any atom is -0.481 e. The van der Waals surface area contributed by atoms with Gasteiger partial charge in [0, 0.05) is 29.1 Å². The molecule has 0 aromatic heterocycles. The first-order valence-corrected chi connectivity index (χ1v) is 6.15. The minimum atomic E-state index is -0.842. The summed E-state index contributed by atoms with van der Waals surface area (Å²) in [7, 11) is 0. The van der Waals surface area contributed by atoms with Gasteiger partial charge in [0.2, 0.25) is 0 Å². The first kappa shape index (κ1) is 14.6. The second kappa shape index (κ2) is 7.07. The lowest BCUT2D eigenvalue weighted by Gasteiger charge is -2.05. The number of aliphatic carboxylic acids is 1. The molecule has 98 valence electrons. The predicted molar refractivity (Wildman–Crippen MR) is 69.4 cm³/mol. The van der Waals surface area contributed by atoms with Crippen LogP contribution in [0.25, 0.3) is 0 Å². The summed E-state index contributed by atoms with van der Waals surface area (Å²) in [5, 5.41) is 22.2. The van der Waals surface area contributed by atoms with Crippen molar-refractivity contribution in [1.29, 1.82) is 0 Å². The highest BCUT2D eigenvalue weighted by Crippen LogP contribution is 2.22. The molecule has 6 nitrogen and oxygen atoms in total. The van der Waals surface area contributed by atoms with Crippen LogP contribution in [0, 0.1) is 10.1 Å². The first-order chi connectivity index (χ1) is 8.50. The predicted octanol–water partition coefficient (Wildman–Crippen LogP) is 2.31. The van der Waals surface area contributed by atoms with Crippen molar-refractivity contribution in [2.45, 2.75) is 19.4 Å². The van der Waals surface area contributed by atoms with Gasteiger partial charge in [-0.05, 0) is 25.1 Å². The number of carboxylic acids is 1. The van der Waals surface area contributed by atoms with E-state index in [1.54, 1.807) is 12.1 Å². The van der Waals surface area contributed by atoms with E-state index in [1.165, 1.54) is 6.07 Å². The number of hydrogen-bond acceptors (Lipinski definition) is 4. The van der Waals surface area contributed by atoms with Crippen molar-refractivity contribution in [3.8, 4) is 0 Å². The molecular weight excluding hydrogens is 304 g/mol. The van der Waals surface area contributed by atoms with Gasteiger partial charge in [-0.3, -0.25) is 14.9 Å². The summed E-state index contributed by atoms with van der Waals surface area (Å²) in [4.78, 5) is 20.7. The number of hydrogen-bond donors (Lipinski definition) is 2. The van der Waals surface area contributed by atoms with Crippen LogP contribution in [0.3, 0.4) is 0 Å². The smallest absolute Gasteiger partial charge is 0.303 e. The monoisotopic (exact) mass is 316 g/mol. The average Bonchev–Trinajstić information content (AvgIpc) is 2.27. The number of halogens is 1. The maximum absolute atomic E-state index is 10.8. The fourth-order valence-corrected chi connectivity index (χ4v) is 1.87. The fourth-order valence-electron chi connectivity index (χ4n) is 1.46. The van der Waals surface area contributed by atoms with Crippen molar-refractivity contribution in [3.05, 3.63) is 38.3 Å². The van der Waals surface area contributed by atoms with Crippen LogP contribution in [0.15, 0.2) is 22.7 Å². The third-order valence-electron chi connectivity index (χ3n) is 2.30. The van der Waals surface area contributed by atoms with Gasteiger partial charge in [0.15, 0.2) is 0 Å². The van der Waals surface area contributed by atoms with Gasteiger partial charge in [-0.15, -0.1) is 0 Å². The Labute approximate surface area is 112 Å². The Morgan fingerprint density at radius 3 is 2.83 bits per heavy atom. The fraction of sp³-hybridized carbons (Fsp3) is 0.364. The van der Waals surface area contributed by atoms with Gasteiger partial charge in [0.1, 0.15) is 0 Å². The zero-order valence-electron chi connectivity index (χ0n) is 9.56. The van der Waals surface area contributed by atoms with Crippen LogP contribution in [-0.4, -0.2) is 22.5 Å². The summed E-state index contributed by atoms with van der Waals surface area (Å²) in [6.45, 7) is 0.853. The first-order valence-electron chi connectivity index (χ1n) is 5.36. The van der Waals surface area contributed by atoms with Crippen LogP contribution in [0.2, 0.25) is 0 Å². The van der Waals surface area contributed by atoms with Crippen LogP contribution >= 0.6 is 15.9 Å².